The van der Waals surface area contributed by atoms with Crippen molar-refractivity contribution >= 4 is 39.3 Å². The average Bonchev–Trinajstić information content (AvgIpc) is 2.67. The Morgan fingerprint density at radius 2 is 1.85 bits per heavy atom. The van der Waals surface area contributed by atoms with Crippen LogP contribution < -0.4 is 0 Å². The van der Waals surface area contributed by atoms with Crippen molar-refractivity contribution < 1.29 is 9.90 Å². The number of carbonyl (C=O) groups is 1. The molecule has 0 radical (unpaired) electrons. The molecule has 140 valence electrons. The van der Waals surface area contributed by atoms with Crippen molar-refractivity contribution in [3.8, 4) is 0 Å². The molecule has 1 N–H and O–H groups in total. The van der Waals surface area contributed by atoms with Crippen molar-refractivity contribution in [1.29, 1.82) is 0 Å². The van der Waals surface area contributed by atoms with Gasteiger partial charge in [0.25, 0.3) is 0 Å². The van der Waals surface area contributed by atoms with E-state index in [1.54, 1.807) is 10.8 Å². The van der Waals surface area contributed by atoms with Crippen molar-refractivity contribution in [2.75, 3.05) is 5.75 Å². The highest BCUT2D eigenvalue weighted by Gasteiger charge is 2.11. The molecule has 0 aromatic carbocycles. The monoisotopic (exact) mass is 408 g/mol. The van der Waals surface area contributed by atoms with Gasteiger partial charge in [0.15, 0.2) is 0 Å². The maximum absolute atomic E-state index is 10.7. The number of pyridine rings is 2. The van der Waals surface area contributed by atoms with E-state index in [0.717, 1.165) is 47.9 Å². The van der Waals surface area contributed by atoms with Crippen LogP contribution in [0.3, 0.4) is 0 Å². The van der Waals surface area contributed by atoms with Crippen LogP contribution in [0, 0.1) is 0 Å². The zero-order valence-corrected chi connectivity index (χ0v) is 17.1. The molecule has 26 heavy (non-hydrogen) atoms. The average molecular weight is 409 g/mol. The highest BCUT2D eigenvalue weighted by molar-refractivity contribution is 8.76. The van der Waals surface area contributed by atoms with Crippen molar-refractivity contribution in [2.24, 2.45) is 0 Å². The maximum atomic E-state index is 10.7. The Bertz CT molecular complexity index is 629. The molecule has 1 unspecified atom stereocenters. The Morgan fingerprint density at radius 3 is 2.54 bits per heavy atom. The second-order valence-electron chi connectivity index (χ2n) is 5.76. The zero-order chi connectivity index (χ0) is 18.5. The van der Waals surface area contributed by atoms with Crippen LogP contribution in [0.2, 0.25) is 0 Å². The number of carboxylic acids is 1. The number of aliphatic carboxylic acids is 1. The van der Waals surface area contributed by atoms with Crippen LogP contribution in [0.5, 0.6) is 0 Å². The molecular weight excluding hydrogens is 384 g/mol. The van der Waals surface area contributed by atoms with E-state index < -0.39 is 5.97 Å². The molecule has 0 aliphatic carbocycles. The third-order valence-electron chi connectivity index (χ3n) is 3.67. The summed E-state index contributed by atoms with van der Waals surface area (Å²) in [5.74, 6) is 1.26. The van der Waals surface area contributed by atoms with Gasteiger partial charge in [0, 0.05) is 35.6 Å². The molecule has 0 aliphatic rings. The standard InChI is InChI=1S/C19H24N2O2S3/c22-19(23)10-2-1-8-17(24-15-16-7-3-5-12-20-16)11-14-25-26-18-9-4-6-13-21-18/h3-7,9,12-13,17H,1-2,8,10-11,14-15H2,(H,22,23). The Kier molecular flexibility index (Phi) is 10.6. The van der Waals surface area contributed by atoms with Crippen molar-refractivity contribution in [2.45, 2.75) is 48.1 Å². The summed E-state index contributed by atoms with van der Waals surface area (Å²) in [6.07, 6.45) is 7.79. The second kappa shape index (κ2) is 13.1. The molecule has 0 bridgehead atoms. The van der Waals surface area contributed by atoms with Gasteiger partial charge < -0.3 is 5.11 Å². The summed E-state index contributed by atoms with van der Waals surface area (Å²) in [7, 11) is 3.55. The summed E-state index contributed by atoms with van der Waals surface area (Å²) >= 11 is 1.93. The smallest absolute Gasteiger partial charge is 0.303 e. The van der Waals surface area contributed by atoms with Crippen LogP contribution in [-0.2, 0) is 10.5 Å². The van der Waals surface area contributed by atoms with Crippen LogP contribution >= 0.6 is 33.3 Å². The topological polar surface area (TPSA) is 63.1 Å². The van der Waals surface area contributed by atoms with Gasteiger partial charge in [0.05, 0.1) is 5.69 Å². The normalized spacial score (nSPS) is 12.0. The lowest BCUT2D eigenvalue weighted by atomic mass is 10.1. The number of hydrogen-bond donors (Lipinski definition) is 1. The van der Waals surface area contributed by atoms with Crippen LogP contribution in [0.1, 0.15) is 37.8 Å². The number of carboxylic acid groups (broad SMARTS) is 1. The minimum atomic E-state index is -0.704. The minimum Gasteiger partial charge on any atom is -0.481 e. The SMILES string of the molecule is O=C(O)CCCCC(CCSSc1ccccn1)SCc1ccccn1. The first-order chi connectivity index (χ1) is 12.7. The first kappa shape index (κ1) is 21.1. The van der Waals surface area contributed by atoms with Gasteiger partial charge in [0.2, 0.25) is 0 Å². The van der Waals surface area contributed by atoms with Gasteiger partial charge in [-0.3, -0.25) is 9.78 Å². The van der Waals surface area contributed by atoms with Crippen LogP contribution in [0.25, 0.3) is 0 Å². The van der Waals surface area contributed by atoms with Crippen LogP contribution in [0.15, 0.2) is 53.8 Å². The van der Waals surface area contributed by atoms with E-state index in [1.807, 2.05) is 65.3 Å². The van der Waals surface area contributed by atoms with E-state index in [0.29, 0.717) is 5.25 Å². The third-order valence-corrected chi connectivity index (χ3v) is 7.37. The predicted molar refractivity (Wildman–Crippen MR) is 113 cm³/mol. The zero-order valence-electron chi connectivity index (χ0n) is 14.6. The van der Waals surface area contributed by atoms with E-state index in [-0.39, 0.29) is 6.42 Å². The van der Waals surface area contributed by atoms with Crippen molar-refractivity contribution in [3.05, 3.63) is 54.5 Å². The largest absolute Gasteiger partial charge is 0.481 e. The summed E-state index contributed by atoms with van der Waals surface area (Å²) in [5, 5.41) is 10.4. The van der Waals surface area contributed by atoms with E-state index in [2.05, 4.69) is 16.0 Å². The van der Waals surface area contributed by atoms with Gasteiger partial charge in [-0.05, 0) is 54.3 Å². The molecule has 0 amide bonds. The molecule has 0 spiro atoms. The number of hydrogen-bond acceptors (Lipinski definition) is 6. The first-order valence-corrected chi connectivity index (χ1v) is 12.0. The molecule has 0 saturated heterocycles. The molecule has 4 nitrogen and oxygen atoms in total. The number of thioether (sulfide) groups is 1. The number of nitrogens with zero attached hydrogens (tertiary/aromatic N) is 2. The first-order valence-electron chi connectivity index (χ1n) is 8.68. The lowest BCUT2D eigenvalue weighted by Crippen LogP contribution is -2.06. The number of unbranched alkanes of at least 4 members (excludes halogenated alkanes) is 1. The Labute approximate surface area is 167 Å². The van der Waals surface area contributed by atoms with E-state index in [4.69, 9.17) is 5.11 Å². The van der Waals surface area contributed by atoms with E-state index in [9.17, 15) is 4.79 Å². The van der Waals surface area contributed by atoms with Gasteiger partial charge in [-0.15, -0.1) is 0 Å². The van der Waals surface area contributed by atoms with Gasteiger partial charge in [-0.1, -0.05) is 29.3 Å². The summed E-state index contributed by atoms with van der Waals surface area (Å²) in [6.45, 7) is 0. The summed E-state index contributed by atoms with van der Waals surface area (Å²) < 4.78 is 0. The van der Waals surface area contributed by atoms with E-state index >= 15 is 0 Å². The molecule has 7 heteroatoms. The highest BCUT2D eigenvalue weighted by atomic mass is 33.1. The van der Waals surface area contributed by atoms with Gasteiger partial charge >= 0.3 is 5.97 Å². The molecule has 2 aromatic rings. The molecule has 0 saturated carbocycles. The molecule has 2 aromatic heterocycles. The molecular formula is C19H24N2O2S3. The molecule has 2 rings (SSSR count). The molecule has 0 fully saturated rings. The maximum Gasteiger partial charge on any atom is 0.303 e. The quantitative estimate of drug-likeness (QED) is 0.344. The molecule has 0 aliphatic heterocycles. The van der Waals surface area contributed by atoms with Gasteiger partial charge in [-0.2, -0.15) is 11.8 Å². The fraction of sp³-hybridized carbons (Fsp3) is 0.421. The van der Waals surface area contributed by atoms with Crippen LogP contribution in [0.4, 0.5) is 0 Å². The fourth-order valence-electron chi connectivity index (χ4n) is 2.32. The lowest BCUT2D eigenvalue weighted by molar-refractivity contribution is -0.137. The lowest BCUT2D eigenvalue weighted by Gasteiger charge is -2.16. The van der Waals surface area contributed by atoms with Crippen molar-refractivity contribution in [3.63, 3.8) is 0 Å². The number of rotatable bonds is 13. The highest BCUT2D eigenvalue weighted by Crippen LogP contribution is 2.32. The second-order valence-corrected chi connectivity index (χ2v) is 9.48. The Morgan fingerprint density at radius 1 is 1.04 bits per heavy atom. The van der Waals surface area contributed by atoms with Crippen molar-refractivity contribution in [1.82, 2.24) is 9.97 Å². The summed E-state index contributed by atoms with van der Waals surface area (Å²) in [5.41, 5.74) is 1.10. The fourth-order valence-corrected chi connectivity index (χ4v) is 5.69. The van der Waals surface area contributed by atoms with Gasteiger partial charge in [0.1, 0.15) is 5.03 Å². The Balaban J connectivity index is 1.72. The molecule has 2 heterocycles. The predicted octanol–water partition coefficient (Wildman–Crippen LogP) is 5.55. The summed E-state index contributed by atoms with van der Waals surface area (Å²) in [6, 6.07) is 12.0. The minimum absolute atomic E-state index is 0.266. The van der Waals surface area contributed by atoms with Crippen LogP contribution in [-0.4, -0.2) is 32.0 Å². The number of aromatic nitrogens is 2. The van der Waals surface area contributed by atoms with E-state index in [1.165, 1.54) is 0 Å². The Hall–Kier alpha value is -1.18. The summed E-state index contributed by atoms with van der Waals surface area (Å²) in [4.78, 5) is 19.4. The third kappa shape index (κ3) is 9.50. The van der Waals surface area contributed by atoms with Gasteiger partial charge in [-0.25, -0.2) is 4.98 Å². The molecule has 1 atom stereocenters.